The fourth-order valence-corrected chi connectivity index (χ4v) is 2.39. The second kappa shape index (κ2) is 5.25. The van der Waals surface area contributed by atoms with Crippen LogP contribution >= 0.6 is 11.6 Å². The lowest BCUT2D eigenvalue weighted by atomic mass is 9.82. The van der Waals surface area contributed by atoms with Crippen LogP contribution in [0.3, 0.4) is 0 Å². The van der Waals surface area contributed by atoms with Gasteiger partial charge in [-0.1, -0.05) is 6.42 Å². The second-order valence-corrected chi connectivity index (χ2v) is 4.72. The van der Waals surface area contributed by atoms with Crippen molar-refractivity contribution in [2.45, 2.75) is 37.9 Å². The maximum atomic E-state index is 13.4. The molecule has 1 aromatic rings. The molecule has 4 nitrogen and oxygen atoms in total. The predicted molar refractivity (Wildman–Crippen MR) is 60.1 cm³/mol. The van der Waals surface area contributed by atoms with Crippen LogP contribution in [0, 0.1) is 11.7 Å². The molecule has 1 aliphatic carbocycles. The molecular formula is C11H14ClFN2O2. The van der Waals surface area contributed by atoms with Crippen LogP contribution < -0.4 is 0 Å². The van der Waals surface area contributed by atoms with Crippen LogP contribution in [0.1, 0.15) is 25.0 Å². The fraction of sp³-hybridized carbons (Fsp3) is 0.636. The SMILES string of the molecule is O[C@H]1[C@@H](Cc2nc(Cl)ncc2F)CCC[C@@H]1O. The zero-order valence-corrected chi connectivity index (χ0v) is 9.94. The van der Waals surface area contributed by atoms with E-state index in [1.165, 1.54) is 0 Å². The van der Waals surface area contributed by atoms with Gasteiger partial charge in [0, 0.05) is 0 Å². The van der Waals surface area contributed by atoms with Crippen molar-refractivity contribution in [2.24, 2.45) is 5.92 Å². The van der Waals surface area contributed by atoms with Crippen LogP contribution in [0.5, 0.6) is 0 Å². The third-order valence-corrected chi connectivity index (χ3v) is 3.38. The topological polar surface area (TPSA) is 66.2 Å². The van der Waals surface area contributed by atoms with E-state index in [1.807, 2.05) is 0 Å². The van der Waals surface area contributed by atoms with Crippen molar-refractivity contribution in [3.05, 3.63) is 23.0 Å². The fourth-order valence-electron chi connectivity index (χ4n) is 2.24. The highest BCUT2D eigenvalue weighted by atomic mass is 35.5. The molecule has 1 aliphatic rings. The Morgan fingerprint density at radius 2 is 2.18 bits per heavy atom. The number of halogens is 2. The van der Waals surface area contributed by atoms with Crippen LogP contribution in [-0.4, -0.2) is 32.4 Å². The first-order valence-corrected chi connectivity index (χ1v) is 5.98. The third-order valence-electron chi connectivity index (χ3n) is 3.19. The van der Waals surface area contributed by atoms with Crippen molar-refractivity contribution in [3.8, 4) is 0 Å². The van der Waals surface area contributed by atoms with E-state index in [-0.39, 0.29) is 23.3 Å². The number of rotatable bonds is 2. The van der Waals surface area contributed by atoms with Crippen LogP contribution in [0.4, 0.5) is 4.39 Å². The van der Waals surface area contributed by atoms with E-state index in [1.54, 1.807) is 0 Å². The molecule has 0 aliphatic heterocycles. The average Bonchev–Trinajstić information content (AvgIpc) is 2.30. The van der Waals surface area contributed by atoms with Crippen LogP contribution in [-0.2, 0) is 6.42 Å². The van der Waals surface area contributed by atoms with Crippen LogP contribution in [0.15, 0.2) is 6.20 Å². The molecule has 6 heteroatoms. The lowest BCUT2D eigenvalue weighted by molar-refractivity contribution is -0.0447. The molecule has 0 saturated heterocycles. The first kappa shape index (κ1) is 12.7. The molecule has 1 aromatic heterocycles. The highest BCUT2D eigenvalue weighted by molar-refractivity contribution is 6.28. The molecule has 94 valence electrons. The van der Waals surface area contributed by atoms with Crippen molar-refractivity contribution in [1.29, 1.82) is 0 Å². The Kier molecular flexibility index (Phi) is 3.91. The Bertz CT molecular complexity index is 405. The average molecular weight is 261 g/mol. The zero-order chi connectivity index (χ0) is 12.4. The molecule has 1 saturated carbocycles. The molecule has 17 heavy (non-hydrogen) atoms. The molecule has 0 aromatic carbocycles. The van der Waals surface area contributed by atoms with Gasteiger partial charge in [-0.3, -0.25) is 0 Å². The minimum atomic E-state index is -0.822. The first-order valence-electron chi connectivity index (χ1n) is 5.61. The summed E-state index contributed by atoms with van der Waals surface area (Å²) >= 11 is 5.60. The van der Waals surface area contributed by atoms with E-state index in [9.17, 15) is 14.6 Å². The van der Waals surface area contributed by atoms with Crippen LogP contribution in [0.25, 0.3) is 0 Å². The standard InChI is InChI=1S/C11H14ClFN2O2/c12-11-14-5-7(13)8(15-11)4-6-2-1-3-9(16)10(6)17/h5-6,9-10,16-17H,1-4H2/t6-,9+,10+/m1/s1. The largest absolute Gasteiger partial charge is 0.390 e. The van der Waals surface area contributed by atoms with Crippen molar-refractivity contribution in [2.75, 3.05) is 0 Å². The summed E-state index contributed by atoms with van der Waals surface area (Å²) in [6.45, 7) is 0. The van der Waals surface area contributed by atoms with Crippen molar-refractivity contribution in [3.63, 3.8) is 0 Å². The Balaban J connectivity index is 2.11. The number of hydrogen-bond acceptors (Lipinski definition) is 4. The minimum absolute atomic E-state index is 0.00718. The summed E-state index contributed by atoms with van der Waals surface area (Å²) in [6.07, 6.45) is 1.90. The summed E-state index contributed by atoms with van der Waals surface area (Å²) in [5.74, 6) is -0.708. The van der Waals surface area contributed by atoms with Gasteiger partial charge in [0.1, 0.15) is 0 Å². The molecule has 0 radical (unpaired) electrons. The molecule has 1 fully saturated rings. The highest BCUT2D eigenvalue weighted by Crippen LogP contribution is 2.28. The molecule has 3 atom stereocenters. The molecule has 0 unspecified atom stereocenters. The third kappa shape index (κ3) is 2.91. The maximum Gasteiger partial charge on any atom is 0.222 e. The number of hydrogen-bond donors (Lipinski definition) is 2. The Morgan fingerprint density at radius 1 is 1.41 bits per heavy atom. The molecule has 0 spiro atoms. The van der Waals surface area contributed by atoms with Gasteiger partial charge in [-0.15, -0.1) is 0 Å². The summed E-state index contributed by atoms with van der Waals surface area (Å²) in [5, 5.41) is 19.4. The minimum Gasteiger partial charge on any atom is -0.390 e. The van der Waals surface area contributed by atoms with Gasteiger partial charge < -0.3 is 10.2 Å². The smallest absolute Gasteiger partial charge is 0.222 e. The summed E-state index contributed by atoms with van der Waals surface area (Å²) in [4.78, 5) is 7.35. The molecule has 0 amide bonds. The van der Waals surface area contributed by atoms with E-state index in [0.717, 1.165) is 19.0 Å². The summed E-state index contributed by atoms with van der Waals surface area (Å²) in [5.41, 5.74) is 0.197. The molecule has 1 heterocycles. The van der Waals surface area contributed by atoms with Gasteiger partial charge in [0.15, 0.2) is 5.82 Å². The second-order valence-electron chi connectivity index (χ2n) is 4.39. The number of aromatic nitrogens is 2. The van der Waals surface area contributed by atoms with Crippen molar-refractivity contribution in [1.82, 2.24) is 9.97 Å². The Hall–Kier alpha value is -0.780. The molecular weight excluding hydrogens is 247 g/mol. The van der Waals surface area contributed by atoms with E-state index >= 15 is 0 Å². The normalized spacial score (nSPS) is 29.3. The molecule has 2 rings (SSSR count). The number of aliphatic hydroxyl groups is 2. The lowest BCUT2D eigenvalue weighted by Crippen LogP contribution is -2.38. The van der Waals surface area contributed by atoms with Crippen molar-refractivity contribution >= 4 is 11.6 Å². The summed E-state index contributed by atoms with van der Waals surface area (Å²) in [6, 6.07) is 0. The van der Waals surface area contributed by atoms with Crippen LogP contribution in [0.2, 0.25) is 5.28 Å². The first-order chi connectivity index (χ1) is 8.08. The quantitative estimate of drug-likeness (QED) is 0.788. The van der Waals surface area contributed by atoms with E-state index in [2.05, 4.69) is 9.97 Å². The van der Waals surface area contributed by atoms with Gasteiger partial charge >= 0.3 is 0 Å². The van der Waals surface area contributed by atoms with Gasteiger partial charge in [0.2, 0.25) is 5.28 Å². The van der Waals surface area contributed by atoms with Gasteiger partial charge in [-0.25, -0.2) is 14.4 Å². The predicted octanol–water partition coefficient (Wildman–Crippen LogP) is 1.33. The van der Waals surface area contributed by atoms with Gasteiger partial charge in [0.05, 0.1) is 24.1 Å². The summed E-state index contributed by atoms with van der Waals surface area (Å²) in [7, 11) is 0. The molecule has 0 bridgehead atoms. The Labute approximate surface area is 103 Å². The summed E-state index contributed by atoms with van der Waals surface area (Å²) < 4.78 is 13.4. The number of aliphatic hydroxyl groups excluding tert-OH is 2. The zero-order valence-electron chi connectivity index (χ0n) is 9.18. The van der Waals surface area contributed by atoms with Gasteiger partial charge in [-0.05, 0) is 36.8 Å². The molecule has 2 N–H and O–H groups in total. The van der Waals surface area contributed by atoms with Gasteiger partial charge in [0.25, 0.3) is 0 Å². The van der Waals surface area contributed by atoms with E-state index in [0.29, 0.717) is 6.42 Å². The van der Waals surface area contributed by atoms with Gasteiger partial charge in [-0.2, -0.15) is 0 Å². The maximum absolute atomic E-state index is 13.4. The Morgan fingerprint density at radius 3 is 2.94 bits per heavy atom. The monoisotopic (exact) mass is 260 g/mol. The van der Waals surface area contributed by atoms with E-state index in [4.69, 9.17) is 11.6 Å². The van der Waals surface area contributed by atoms with E-state index < -0.39 is 18.0 Å². The highest BCUT2D eigenvalue weighted by Gasteiger charge is 2.31. The van der Waals surface area contributed by atoms with Crippen molar-refractivity contribution < 1.29 is 14.6 Å². The lowest BCUT2D eigenvalue weighted by Gasteiger charge is -2.31. The number of nitrogens with zero attached hydrogens (tertiary/aromatic N) is 2.